The molecule has 12 heteroatoms. The number of nitrogens with one attached hydrogen (secondary N) is 2. The molecule has 0 aliphatic heterocycles. The molecule has 39 heavy (non-hydrogen) atoms. The van der Waals surface area contributed by atoms with Gasteiger partial charge in [-0.25, -0.2) is 4.98 Å². The molecule has 0 amide bonds. The van der Waals surface area contributed by atoms with E-state index in [-0.39, 0.29) is 18.5 Å². The molecule has 12 nitrogen and oxygen atoms in total. The lowest BCUT2D eigenvalue weighted by atomic mass is 9.85. The zero-order valence-electron chi connectivity index (χ0n) is 23.3. The Morgan fingerprint density at radius 2 is 1.56 bits per heavy atom. The highest BCUT2D eigenvalue weighted by atomic mass is 16.6. The average molecular weight is 552 g/mol. The first kappa shape index (κ1) is 32.8. The first-order valence-corrected chi connectivity index (χ1v) is 13.5. The largest absolute Gasteiger partial charge is 0.431 e. The van der Waals surface area contributed by atoms with Crippen LogP contribution in [0.3, 0.4) is 0 Å². The number of aromatic nitrogens is 3. The van der Waals surface area contributed by atoms with Gasteiger partial charge in [0.05, 0.1) is 5.60 Å². The van der Waals surface area contributed by atoms with Gasteiger partial charge in [0.1, 0.15) is 24.6 Å². The Bertz CT molecular complexity index is 976. The molecular formula is C27H45N5O7. The number of ether oxygens (including phenoxy) is 1. The summed E-state index contributed by atoms with van der Waals surface area (Å²) < 4.78 is 5.21. The fraction of sp³-hybridized carbons (Fsp3) is 0.667. The third kappa shape index (κ3) is 10.2. The van der Waals surface area contributed by atoms with E-state index in [4.69, 9.17) is 4.74 Å². The molecule has 220 valence electrons. The number of anilines is 1. The number of hydrogen-bond donors (Lipinski definition) is 8. The van der Waals surface area contributed by atoms with E-state index >= 15 is 0 Å². The van der Waals surface area contributed by atoms with Crippen molar-refractivity contribution >= 4 is 5.95 Å². The van der Waals surface area contributed by atoms with E-state index in [0.717, 1.165) is 49.6 Å². The van der Waals surface area contributed by atoms with Crippen LogP contribution in [0.15, 0.2) is 30.6 Å². The average Bonchev–Trinajstić information content (AvgIpc) is 2.90. The predicted molar refractivity (Wildman–Crippen MR) is 146 cm³/mol. The van der Waals surface area contributed by atoms with Crippen molar-refractivity contribution in [1.29, 1.82) is 0 Å². The van der Waals surface area contributed by atoms with Gasteiger partial charge in [-0.1, -0.05) is 68.9 Å². The molecule has 5 atom stereocenters. The van der Waals surface area contributed by atoms with Crippen LogP contribution >= 0.6 is 0 Å². The van der Waals surface area contributed by atoms with Crippen LogP contribution in [0.4, 0.5) is 5.95 Å². The number of aryl methyl sites for hydroxylation is 1. The SMILES string of the molecule is CCCCCCCCNC(O)(C(O)C(O)C(O)Oc1ncnc(NCc2ccc(C)cc2)n1)C(O)C(C)(C)O. The van der Waals surface area contributed by atoms with E-state index in [1.54, 1.807) is 0 Å². The predicted octanol–water partition coefficient (Wildman–Crippen LogP) is 0.982. The minimum atomic E-state index is -2.58. The van der Waals surface area contributed by atoms with E-state index < -0.39 is 35.9 Å². The van der Waals surface area contributed by atoms with E-state index in [1.807, 2.05) is 31.2 Å². The summed E-state index contributed by atoms with van der Waals surface area (Å²) in [4.78, 5) is 11.8. The maximum Gasteiger partial charge on any atom is 0.323 e. The van der Waals surface area contributed by atoms with Crippen molar-refractivity contribution in [3.05, 3.63) is 41.7 Å². The van der Waals surface area contributed by atoms with Crippen molar-refractivity contribution in [2.75, 3.05) is 11.9 Å². The number of unbranched alkanes of at least 4 members (excludes halogenated alkanes) is 5. The van der Waals surface area contributed by atoms with Gasteiger partial charge in [-0.05, 0) is 39.3 Å². The molecule has 0 radical (unpaired) electrons. The van der Waals surface area contributed by atoms with Crippen molar-refractivity contribution in [3.8, 4) is 6.01 Å². The van der Waals surface area contributed by atoms with Crippen LogP contribution < -0.4 is 15.4 Å². The summed E-state index contributed by atoms with van der Waals surface area (Å²) in [7, 11) is 0. The van der Waals surface area contributed by atoms with E-state index in [1.165, 1.54) is 13.8 Å². The minimum absolute atomic E-state index is 0.150. The number of nitrogens with zero attached hydrogens (tertiary/aromatic N) is 3. The lowest BCUT2D eigenvalue weighted by molar-refractivity contribution is -0.254. The molecule has 1 heterocycles. The highest BCUT2D eigenvalue weighted by Gasteiger charge is 2.52. The molecule has 0 bridgehead atoms. The van der Waals surface area contributed by atoms with Crippen LogP contribution in [-0.4, -0.2) is 88.1 Å². The fourth-order valence-corrected chi connectivity index (χ4v) is 4.00. The Morgan fingerprint density at radius 1 is 0.923 bits per heavy atom. The normalized spacial score (nSPS) is 16.7. The van der Waals surface area contributed by atoms with Crippen LogP contribution in [0, 0.1) is 6.92 Å². The maximum atomic E-state index is 11.2. The highest BCUT2D eigenvalue weighted by Crippen LogP contribution is 2.26. The second-order valence-corrected chi connectivity index (χ2v) is 10.5. The van der Waals surface area contributed by atoms with Gasteiger partial charge in [-0.2, -0.15) is 9.97 Å². The maximum absolute atomic E-state index is 11.2. The zero-order valence-corrected chi connectivity index (χ0v) is 23.3. The number of benzene rings is 1. The summed E-state index contributed by atoms with van der Waals surface area (Å²) in [6.45, 7) is 7.20. The van der Waals surface area contributed by atoms with Gasteiger partial charge in [-0.3, -0.25) is 5.32 Å². The molecule has 8 N–H and O–H groups in total. The third-order valence-electron chi connectivity index (χ3n) is 6.44. The third-order valence-corrected chi connectivity index (χ3v) is 6.44. The topological polar surface area (TPSA) is 193 Å². The molecule has 0 saturated heterocycles. The smallest absolute Gasteiger partial charge is 0.323 e. The second-order valence-electron chi connectivity index (χ2n) is 10.5. The van der Waals surface area contributed by atoms with Gasteiger partial charge in [0, 0.05) is 6.54 Å². The van der Waals surface area contributed by atoms with Crippen molar-refractivity contribution in [1.82, 2.24) is 20.3 Å². The summed E-state index contributed by atoms with van der Waals surface area (Å²) in [5.74, 6) is 0.150. The van der Waals surface area contributed by atoms with Gasteiger partial charge in [0.25, 0.3) is 0 Å². The van der Waals surface area contributed by atoms with Gasteiger partial charge in [0.15, 0.2) is 5.72 Å². The lowest BCUT2D eigenvalue weighted by Gasteiger charge is -2.44. The van der Waals surface area contributed by atoms with Crippen LogP contribution in [0.2, 0.25) is 0 Å². The van der Waals surface area contributed by atoms with E-state index in [9.17, 15) is 30.6 Å². The molecular weight excluding hydrogens is 506 g/mol. The number of aliphatic hydroxyl groups excluding tert-OH is 4. The van der Waals surface area contributed by atoms with E-state index in [0.29, 0.717) is 13.0 Å². The molecule has 0 fully saturated rings. The van der Waals surface area contributed by atoms with Crippen LogP contribution in [0.5, 0.6) is 6.01 Å². The molecule has 1 aromatic heterocycles. The molecule has 0 aliphatic rings. The van der Waals surface area contributed by atoms with Crippen molar-refractivity contribution in [2.45, 2.75) is 109 Å². The van der Waals surface area contributed by atoms with Gasteiger partial charge < -0.3 is 40.7 Å². The molecule has 2 rings (SSSR count). The second kappa shape index (κ2) is 15.4. The molecule has 5 unspecified atom stereocenters. The number of aliphatic hydroxyl groups is 6. The Morgan fingerprint density at radius 3 is 2.21 bits per heavy atom. The van der Waals surface area contributed by atoms with Crippen molar-refractivity contribution in [3.63, 3.8) is 0 Å². The van der Waals surface area contributed by atoms with Crippen molar-refractivity contribution < 1.29 is 35.4 Å². The molecule has 0 spiro atoms. The fourth-order valence-electron chi connectivity index (χ4n) is 4.00. The first-order chi connectivity index (χ1) is 18.4. The Balaban J connectivity index is 2.03. The van der Waals surface area contributed by atoms with Crippen molar-refractivity contribution in [2.24, 2.45) is 0 Å². The highest BCUT2D eigenvalue weighted by molar-refractivity contribution is 5.29. The zero-order chi connectivity index (χ0) is 29.1. The minimum Gasteiger partial charge on any atom is -0.431 e. The molecule has 0 saturated carbocycles. The van der Waals surface area contributed by atoms with Gasteiger partial charge in [0.2, 0.25) is 12.2 Å². The Kier molecular flexibility index (Phi) is 12.9. The summed E-state index contributed by atoms with van der Waals surface area (Å²) >= 11 is 0. The quantitative estimate of drug-likeness (QED) is 0.0968. The lowest BCUT2D eigenvalue weighted by Crippen LogP contribution is -2.71. The van der Waals surface area contributed by atoms with E-state index in [2.05, 4.69) is 32.5 Å². The molecule has 0 aliphatic carbocycles. The Labute approximate surface area is 230 Å². The van der Waals surface area contributed by atoms with Crippen LogP contribution in [-0.2, 0) is 6.54 Å². The molecule has 2 aromatic rings. The summed E-state index contributed by atoms with van der Waals surface area (Å²) in [6.07, 6.45) is -1.39. The van der Waals surface area contributed by atoms with Gasteiger partial charge in [-0.15, -0.1) is 0 Å². The first-order valence-electron chi connectivity index (χ1n) is 13.5. The van der Waals surface area contributed by atoms with Crippen LogP contribution in [0.1, 0.15) is 70.4 Å². The summed E-state index contributed by atoms with van der Waals surface area (Å²) in [5, 5.41) is 69.8. The summed E-state index contributed by atoms with van der Waals surface area (Å²) in [5.41, 5.74) is -2.32. The Hall–Kier alpha value is -2.45. The molecule has 1 aromatic carbocycles. The van der Waals surface area contributed by atoms with Gasteiger partial charge >= 0.3 is 6.01 Å². The van der Waals surface area contributed by atoms with Crippen LogP contribution in [0.25, 0.3) is 0 Å². The summed E-state index contributed by atoms with van der Waals surface area (Å²) in [6, 6.07) is 7.50. The monoisotopic (exact) mass is 551 g/mol. The standard InChI is InChI=1S/C27H45N5O7/c1-5-6-7-8-9-10-15-31-27(38,23(36)26(3,4)37)21(34)20(33)22(35)39-25-30-17-29-24(32-25)28-16-19-13-11-18(2)12-14-19/h11-14,17,20-23,31,33-38H,5-10,15-16H2,1-4H3,(H,28,29,30,32). The number of rotatable bonds is 18. The number of hydrogen-bond acceptors (Lipinski definition) is 12.